The van der Waals surface area contributed by atoms with Gasteiger partial charge in [-0.2, -0.15) is 5.10 Å². The highest BCUT2D eigenvalue weighted by atomic mass is 32.2. The number of rotatable bonds is 9. The van der Waals surface area contributed by atoms with Gasteiger partial charge in [0.05, 0.1) is 23.2 Å². The van der Waals surface area contributed by atoms with Crippen LogP contribution in [0.25, 0.3) is 10.9 Å². The predicted molar refractivity (Wildman–Crippen MR) is 131 cm³/mol. The van der Waals surface area contributed by atoms with E-state index in [0.717, 1.165) is 55.5 Å². The molecule has 2 heterocycles. The number of piperidine rings is 1. The van der Waals surface area contributed by atoms with Gasteiger partial charge in [0.1, 0.15) is 0 Å². The summed E-state index contributed by atoms with van der Waals surface area (Å²) in [7, 11) is -3.04. The van der Waals surface area contributed by atoms with Crippen molar-refractivity contribution in [2.45, 2.75) is 58.2 Å². The SMILES string of the molecule is CCCCS(=O)(=O)Cc1cc(CN2CCC[C@H](Cc3ccc4[nH]ncc4c3)C2)ccc1C. The van der Waals surface area contributed by atoms with E-state index in [-0.39, 0.29) is 11.5 Å². The first-order chi connectivity index (χ1) is 15.4. The van der Waals surface area contributed by atoms with E-state index in [1.165, 1.54) is 29.4 Å². The van der Waals surface area contributed by atoms with Crippen LogP contribution in [0.15, 0.2) is 42.6 Å². The minimum Gasteiger partial charge on any atom is -0.299 e. The highest BCUT2D eigenvalue weighted by Gasteiger charge is 2.21. The van der Waals surface area contributed by atoms with Gasteiger partial charge in [-0.25, -0.2) is 8.42 Å². The molecular weight excluding hydrogens is 418 g/mol. The monoisotopic (exact) mass is 453 g/mol. The summed E-state index contributed by atoms with van der Waals surface area (Å²) in [6, 6.07) is 13.0. The van der Waals surface area contributed by atoms with Gasteiger partial charge in [0.15, 0.2) is 9.84 Å². The second kappa shape index (κ2) is 10.2. The van der Waals surface area contributed by atoms with Gasteiger partial charge in [-0.1, -0.05) is 37.6 Å². The standard InChI is InChI=1S/C26H35N3O2S/c1-3-4-12-32(30,31)19-25-15-23(8-7-20(25)2)18-29-11-5-6-22(17-29)13-21-9-10-26-24(14-21)16-27-28-26/h7-10,14-16,22H,3-6,11-13,17-19H2,1-2H3,(H,27,28)/t22-/m1/s1. The number of nitrogens with zero attached hydrogens (tertiary/aromatic N) is 2. The van der Waals surface area contributed by atoms with Gasteiger partial charge in [-0.05, 0) is 79.5 Å². The van der Waals surface area contributed by atoms with Gasteiger partial charge in [-0.15, -0.1) is 0 Å². The molecule has 1 N–H and O–H groups in total. The minimum absolute atomic E-state index is 0.159. The van der Waals surface area contributed by atoms with Crippen molar-refractivity contribution in [2.75, 3.05) is 18.8 Å². The summed E-state index contributed by atoms with van der Waals surface area (Å²) in [5.41, 5.74) is 5.71. The Morgan fingerprint density at radius 2 is 2.00 bits per heavy atom. The topological polar surface area (TPSA) is 66.1 Å². The van der Waals surface area contributed by atoms with Gasteiger partial charge in [0.2, 0.25) is 0 Å². The van der Waals surface area contributed by atoms with Crippen LogP contribution in [0.5, 0.6) is 0 Å². The minimum atomic E-state index is -3.04. The van der Waals surface area contributed by atoms with Gasteiger partial charge in [-0.3, -0.25) is 10.00 Å². The Morgan fingerprint density at radius 1 is 1.16 bits per heavy atom. The molecule has 5 nitrogen and oxygen atoms in total. The smallest absolute Gasteiger partial charge is 0.154 e. The fraction of sp³-hybridized carbons (Fsp3) is 0.500. The molecule has 172 valence electrons. The fourth-order valence-electron chi connectivity index (χ4n) is 4.82. The van der Waals surface area contributed by atoms with Crippen LogP contribution >= 0.6 is 0 Å². The molecule has 1 aliphatic heterocycles. The maximum Gasteiger partial charge on any atom is 0.154 e. The van der Waals surface area contributed by atoms with Crippen molar-refractivity contribution in [3.8, 4) is 0 Å². The first kappa shape index (κ1) is 23.0. The van der Waals surface area contributed by atoms with Crippen molar-refractivity contribution >= 4 is 20.7 Å². The number of fused-ring (bicyclic) bond motifs is 1. The third kappa shape index (κ3) is 5.99. The van der Waals surface area contributed by atoms with Crippen molar-refractivity contribution in [3.63, 3.8) is 0 Å². The number of hydrogen-bond donors (Lipinski definition) is 1. The molecule has 4 rings (SSSR count). The van der Waals surface area contributed by atoms with Crippen molar-refractivity contribution < 1.29 is 8.42 Å². The van der Waals surface area contributed by atoms with Gasteiger partial charge in [0, 0.05) is 18.5 Å². The van der Waals surface area contributed by atoms with Gasteiger partial charge in [0.25, 0.3) is 0 Å². The van der Waals surface area contributed by atoms with Crippen molar-refractivity contribution in [2.24, 2.45) is 5.92 Å². The molecule has 1 aliphatic rings. The third-order valence-electron chi connectivity index (χ3n) is 6.64. The second-order valence-corrected chi connectivity index (χ2v) is 11.6. The molecule has 0 bridgehead atoms. The lowest BCUT2D eigenvalue weighted by molar-refractivity contribution is 0.167. The first-order valence-corrected chi connectivity index (χ1v) is 13.7. The van der Waals surface area contributed by atoms with E-state index in [1.54, 1.807) is 0 Å². The number of H-pyrrole nitrogens is 1. The maximum absolute atomic E-state index is 12.5. The highest BCUT2D eigenvalue weighted by molar-refractivity contribution is 7.90. The van der Waals surface area contributed by atoms with Crippen LogP contribution in [0.3, 0.4) is 0 Å². The van der Waals surface area contributed by atoms with Crippen LogP contribution in [-0.2, 0) is 28.6 Å². The van der Waals surface area contributed by atoms with Crippen molar-refractivity contribution in [1.29, 1.82) is 0 Å². The summed E-state index contributed by atoms with van der Waals surface area (Å²) in [6.07, 6.45) is 7.10. The van der Waals surface area contributed by atoms with Crippen LogP contribution < -0.4 is 0 Å². The number of benzene rings is 2. The Hall–Kier alpha value is -2.18. The molecule has 0 unspecified atom stereocenters. The normalized spacial score (nSPS) is 17.8. The molecule has 1 atom stereocenters. The molecule has 3 aromatic rings. The first-order valence-electron chi connectivity index (χ1n) is 11.8. The molecule has 0 amide bonds. The molecule has 1 saturated heterocycles. The van der Waals surface area contributed by atoms with Crippen LogP contribution in [0.2, 0.25) is 0 Å². The molecule has 0 aliphatic carbocycles. The predicted octanol–water partition coefficient (Wildman–Crippen LogP) is 5.04. The zero-order valence-corrected chi connectivity index (χ0v) is 20.1. The Balaban J connectivity index is 1.39. The largest absolute Gasteiger partial charge is 0.299 e. The van der Waals surface area contributed by atoms with E-state index in [4.69, 9.17) is 0 Å². The Morgan fingerprint density at radius 3 is 2.84 bits per heavy atom. The molecule has 1 aromatic heterocycles. The average molecular weight is 454 g/mol. The molecule has 0 saturated carbocycles. The molecular formula is C26H35N3O2S. The second-order valence-electron chi connectivity index (χ2n) is 9.45. The number of likely N-dealkylation sites (tertiary alicyclic amines) is 1. The Bertz CT molecular complexity index is 1150. The summed E-state index contributed by atoms with van der Waals surface area (Å²) >= 11 is 0. The number of hydrogen-bond acceptors (Lipinski definition) is 4. The van der Waals surface area contributed by atoms with Crippen LogP contribution in [0.4, 0.5) is 0 Å². The number of aryl methyl sites for hydroxylation is 1. The van der Waals surface area contributed by atoms with E-state index >= 15 is 0 Å². The molecule has 0 radical (unpaired) electrons. The maximum atomic E-state index is 12.5. The zero-order chi connectivity index (χ0) is 22.6. The summed E-state index contributed by atoms with van der Waals surface area (Å²) in [5.74, 6) is 1.09. The summed E-state index contributed by atoms with van der Waals surface area (Å²) in [6.45, 7) is 7.13. The van der Waals surface area contributed by atoms with E-state index in [9.17, 15) is 8.42 Å². The van der Waals surface area contributed by atoms with Crippen LogP contribution in [0, 0.1) is 12.8 Å². The summed E-state index contributed by atoms with van der Waals surface area (Å²) < 4.78 is 25.0. The van der Waals surface area contributed by atoms with Gasteiger partial charge >= 0.3 is 0 Å². The summed E-state index contributed by atoms with van der Waals surface area (Å²) in [5, 5.41) is 8.33. The van der Waals surface area contributed by atoms with E-state index < -0.39 is 9.84 Å². The lowest BCUT2D eigenvalue weighted by Crippen LogP contribution is -2.35. The molecule has 2 aromatic carbocycles. The van der Waals surface area contributed by atoms with Crippen molar-refractivity contribution in [3.05, 3.63) is 64.8 Å². The fourth-order valence-corrected chi connectivity index (χ4v) is 6.48. The number of sulfone groups is 1. The number of aromatic amines is 1. The van der Waals surface area contributed by atoms with Crippen LogP contribution in [-0.4, -0.2) is 42.4 Å². The van der Waals surface area contributed by atoms with Gasteiger partial charge < -0.3 is 0 Å². The van der Waals surface area contributed by atoms with E-state index in [0.29, 0.717) is 5.92 Å². The number of unbranched alkanes of at least 4 members (excludes halogenated alkanes) is 1. The van der Waals surface area contributed by atoms with Crippen LogP contribution in [0.1, 0.15) is 54.9 Å². The molecule has 32 heavy (non-hydrogen) atoms. The highest BCUT2D eigenvalue weighted by Crippen LogP contribution is 2.25. The van der Waals surface area contributed by atoms with E-state index in [2.05, 4.69) is 51.5 Å². The average Bonchev–Trinajstić information content (AvgIpc) is 3.23. The lowest BCUT2D eigenvalue weighted by atomic mass is 9.90. The lowest BCUT2D eigenvalue weighted by Gasteiger charge is -2.33. The van der Waals surface area contributed by atoms with E-state index in [1.807, 2.05) is 20.0 Å². The third-order valence-corrected chi connectivity index (χ3v) is 8.30. The molecule has 0 spiro atoms. The molecule has 1 fully saturated rings. The summed E-state index contributed by atoms with van der Waals surface area (Å²) in [4.78, 5) is 2.53. The Labute approximate surface area is 192 Å². The number of aromatic nitrogens is 2. The van der Waals surface area contributed by atoms with Crippen molar-refractivity contribution in [1.82, 2.24) is 15.1 Å². The quantitative estimate of drug-likeness (QED) is 0.493. The number of nitrogens with one attached hydrogen (secondary N) is 1. The Kier molecular flexibility index (Phi) is 7.31. The zero-order valence-electron chi connectivity index (χ0n) is 19.3. The molecule has 6 heteroatoms.